The number of halogens is 1. The van der Waals surface area contributed by atoms with E-state index in [-0.39, 0.29) is 5.82 Å². The molecule has 0 aliphatic heterocycles. The van der Waals surface area contributed by atoms with E-state index in [2.05, 4.69) is 0 Å². The molecule has 0 atom stereocenters. The Bertz CT molecular complexity index is 787. The highest BCUT2D eigenvalue weighted by atomic mass is 19.1. The van der Waals surface area contributed by atoms with Gasteiger partial charge in [0.25, 0.3) is 0 Å². The van der Waals surface area contributed by atoms with E-state index in [1.807, 2.05) is 54.6 Å². The van der Waals surface area contributed by atoms with E-state index in [9.17, 15) is 4.39 Å². The third-order valence-electron chi connectivity index (χ3n) is 3.65. The first-order valence-corrected chi connectivity index (χ1v) is 7.52. The van der Waals surface area contributed by atoms with Crippen LogP contribution in [0.4, 0.5) is 4.39 Å². The van der Waals surface area contributed by atoms with Gasteiger partial charge in [-0.2, -0.15) is 0 Å². The average Bonchev–Trinajstić information content (AvgIpc) is 2.60. The second-order valence-electron chi connectivity index (χ2n) is 5.32. The van der Waals surface area contributed by atoms with Gasteiger partial charge in [-0.15, -0.1) is 0 Å². The number of ether oxygens (including phenoxy) is 1. The Morgan fingerprint density at radius 1 is 0.826 bits per heavy atom. The molecule has 2 nitrogen and oxygen atoms in total. The summed E-state index contributed by atoms with van der Waals surface area (Å²) in [6, 6.07) is 22.2. The van der Waals surface area contributed by atoms with E-state index in [1.54, 1.807) is 6.07 Å². The molecule has 0 aliphatic carbocycles. The normalized spacial score (nSPS) is 10.5. The molecular weight excluding hydrogens is 289 g/mol. The predicted octanol–water partition coefficient (Wildman–Crippen LogP) is 4.53. The summed E-state index contributed by atoms with van der Waals surface area (Å²) in [6.45, 7) is 0.891. The van der Waals surface area contributed by atoms with E-state index in [0.717, 1.165) is 22.3 Å². The quantitative estimate of drug-likeness (QED) is 0.751. The van der Waals surface area contributed by atoms with Gasteiger partial charge in [0.1, 0.15) is 18.2 Å². The molecule has 2 N–H and O–H groups in total. The molecule has 0 heterocycles. The highest BCUT2D eigenvalue weighted by Crippen LogP contribution is 2.32. The highest BCUT2D eigenvalue weighted by molar-refractivity contribution is 5.71. The smallest absolute Gasteiger partial charge is 0.127 e. The molecule has 3 aromatic carbocycles. The molecular formula is C20H18FNO. The topological polar surface area (TPSA) is 35.2 Å². The maximum Gasteiger partial charge on any atom is 0.127 e. The second kappa shape index (κ2) is 7.07. The summed E-state index contributed by atoms with van der Waals surface area (Å²) < 4.78 is 19.5. The van der Waals surface area contributed by atoms with Crippen LogP contribution in [0.1, 0.15) is 11.1 Å². The fourth-order valence-electron chi connectivity index (χ4n) is 2.44. The lowest BCUT2D eigenvalue weighted by atomic mass is 10.0. The third-order valence-corrected chi connectivity index (χ3v) is 3.65. The van der Waals surface area contributed by atoms with E-state index in [1.165, 1.54) is 12.1 Å². The Balaban J connectivity index is 1.93. The summed E-state index contributed by atoms with van der Waals surface area (Å²) in [7, 11) is 0. The molecule has 0 radical (unpaired) electrons. The van der Waals surface area contributed by atoms with Crippen molar-refractivity contribution in [1.82, 2.24) is 0 Å². The first-order chi connectivity index (χ1) is 11.3. The minimum atomic E-state index is -0.264. The summed E-state index contributed by atoms with van der Waals surface area (Å²) in [5, 5.41) is 0. The first-order valence-electron chi connectivity index (χ1n) is 7.52. The van der Waals surface area contributed by atoms with Crippen LogP contribution < -0.4 is 10.5 Å². The monoisotopic (exact) mass is 307 g/mol. The fraction of sp³-hybridized carbons (Fsp3) is 0.100. The third kappa shape index (κ3) is 3.76. The Morgan fingerprint density at radius 3 is 2.39 bits per heavy atom. The standard InChI is InChI=1S/C20H18FNO/c21-18-8-4-7-17(12-18)19-10-9-16(13-22)11-20(19)23-14-15-5-2-1-3-6-15/h1-12H,13-14,22H2. The van der Waals surface area contributed by atoms with Crippen LogP contribution in [-0.4, -0.2) is 0 Å². The van der Waals surface area contributed by atoms with Crippen molar-refractivity contribution < 1.29 is 9.13 Å². The van der Waals surface area contributed by atoms with Crippen molar-refractivity contribution in [2.45, 2.75) is 13.2 Å². The van der Waals surface area contributed by atoms with Crippen molar-refractivity contribution in [3.8, 4) is 16.9 Å². The molecule has 3 rings (SSSR count). The first kappa shape index (κ1) is 15.3. The molecule has 0 saturated carbocycles. The van der Waals surface area contributed by atoms with E-state index >= 15 is 0 Å². The number of benzene rings is 3. The van der Waals surface area contributed by atoms with E-state index < -0.39 is 0 Å². The van der Waals surface area contributed by atoms with Gasteiger partial charge < -0.3 is 10.5 Å². The minimum Gasteiger partial charge on any atom is -0.488 e. The Hall–Kier alpha value is -2.65. The lowest BCUT2D eigenvalue weighted by molar-refractivity contribution is 0.307. The fourth-order valence-corrected chi connectivity index (χ4v) is 2.44. The van der Waals surface area contributed by atoms with Crippen LogP contribution >= 0.6 is 0 Å². The number of hydrogen-bond acceptors (Lipinski definition) is 2. The maximum absolute atomic E-state index is 13.5. The Kier molecular flexibility index (Phi) is 4.69. The van der Waals surface area contributed by atoms with Crippen molar-refractivity contribution in [3.05, 3.63) is 89.7 Å². The molecule has 23 heavy (non-hydrogen) atoms. The molecule has 0 unspecified atom stereocenters. The van der Waals surface area contributed by atoms with Gasteiger partial charge in [-0.3, -0.25) is 0 Å². The van der Waals surface area contributed by atoms with Crippen molar-refractivity contribution in [1.29, 1.82) is 0 Å². The van der Waals surface area contributed by atoms with Crippen LogP contribution in [0.5, 0.6) is 5.75 Å². The number of hydrogen-bond donors (Lipinski definition) is 1. The van der Waals surface area contributed by atoms with Gasteiger partial charge in [0.15, 0.2) is 0 Å². The summed E-state index contributed by atoms with van der Waals surface area (Å²) in [5.41, 5.74) is 9.43. The van der Waals surface area contributed by atoms with Crippen LogP contribution in [-0.2, 0) is 13.2 Å². The van der Waals surface area contributed by atoms with Crippen molar-refractivity contribution in [2.75, 3.05) is 0 Å². The van der Waals surface area contributed by atoms with Crippen LogP contribution in [0.3, 0.4) is 0 Å². The minimum absolute atomic E-state index is 0.264. The largest absolute Gasteiger partial charge is 0.488 e. The summed E-state index contributed by atoms with van der Waals surface area (Å²) >= 11 is 0. The van der Waals surface area contributed by atoms with Crippen LogP contribution in [0.2, 0.25) is 0 Å². The zero-order valence-corrected chi connectivity index (χ0v) is 12.7. The number of nitrogens with two attached hydrogens (primary N) is 1. The Labute approximate surface area is 135 Å². The highest BCUT2D eigenvalue weighted by Gasteiger charge is 2.09. The van der Waals surface area contributed by atoms with Crippen LogP contribution in [0, 0.1) is 5.82 Å². The predicted molar refractivity (Wildman–Crippen MR) is 90.5 cm³/mol. The maximum atomic E-state index is 13.5. The number of rotatable bonds is 5. The SMILES string of the molecule is NCc1ccc(-c2cccc(F)c2)c(OCc2ccccc2)c1. The van der Waals surface area contributed by atoms with Gasteiger partial charge in [-0.1, -0.05) is 54.6 Å². The molecule has 0 aliphatic rings. The van der Waals surface area contributed by atoms with Crippen LogP contribution in [0.15, 0.2) is 72.8 Å². The van der Waals surface area contributed by atoms with Gasteiger partial charge >= 0.3 is 0 Å². The van der Waals surface area contributed by atoms with Crippen molar-refractivity contribution >= 4 is 0 Å². The molecule has 3 heteroatoms. The summed E-state index contributed by atoms with van der Waals surface area (Å²) in [5.74, 6) is 0.446. The van der Waals surface area contributed by atoms with Gasteiger partial charge in [0.2, 0.25) is 0 Å². The lowest BCUT2D eigenvalue weighted by Gasteiger charge is -2.13. The molecule has 116 valence electrons. The van der Waals surface area contributed by atoms with Gasteiger partial charge in [0, 0.05) is 12.1 Å². The molecule has 0 bridgehead atoms. The van der Waals surface area contributed by atoms with Gasteiger partial charge in [-0.05, 0) is 34.9 Å². The molecule has 0 spiro atoms. The molecule has 0 fully saturated rings. The van der Waals surface area contributed by atoms with Crippen molar-refractivity contribution in [2.24, 2.45) is 5.73 Å². The lowest BCUT2D eigenvalue weighted by Crippen LogP contribution is -2.00. The average molecular weight is 307 g/mol. The van der Waals surface area contributed by atoms with E-state index in [0.29, 0.717) is 18.9 Å². The molecule has 3 aromatic rings. The zero-order chi connectivity index (χ0) is 16.1. The van der Waals surface area contributed by atoms with Crippen molar-refractivity contribution in [3.63, 3.8) is 0 Å². The second-order valence-corrected chi connectivity index (χ2v) is 5.32. The van der Waals surface area contributed by atoms with Gasteiger partial charge in [-0.25, -0.2) is 4.39 Å². The molecule has 0 aromatic heterocycles. The molecule has 0 amide bonds. The van der Waals surface area contributed by atoms with Gasteiger partial charge in [0.05, 0.1) is 0 Å². The van der Waals surface area contributed by atoms with Crippen LogP contribution in [0.25, 0.3) is 11.1 Å². The molecule has 0 saturated heterocycles. The van der Waals surface area contributed by atoms with E-state index in [4.69, 9.17) is 10.5 Å². The summed E-state index contributed by atoms with van der Waals surface area (Å²) in [6.07, 6.45) is 0. The summed E-state index contributed by atoms with van der Waals surface area (Å²) in [4.78, 5) is 0. The zero-order valence-electron chi connectivity index (χ0n) is 12.7. The Morgan fingerprint density at radius 2 is 1.65 bits per heavy atom.